The first-order valence-electron chi connectivity index (χ1n) is 6.70. The molecule has 2 rings (SSSR count). The van der Waals surface area contributed by atoms with E-state index in [0.29, 0.717) is 11.4 Å². The van der Waals surface area contributed by atoms with Crippen molar-refractivity contribution in [3.05, 3.63) is 27.9 Å². The summed E-state index contributed by atoms with van der Waals surface area (Å²) in [6.07, 6.45) is 4.49. The summed E-state index contributed by atoms with van der Waals surface area (Å²) in [7, 11) is 0. The van der Waals surface area contributed by atoms with Gasteiger partial charge in [-0.25, -0.2) is 4.98 Å². The third-order valence-corrected chi connectivity index (χ3v) is 3.39. The molecule has 1 aromatic heterocycles. The molecule has 1 fully saturated rings. The zero-order chi connectivity index (χ0) is 14.5. The molecule has 2 heterocycles. The summed E-state index contributed by atoms with van der Waals surface area (Å²) in [6.45, 7) is 3.53. The van der Waals surface area contributed by atoms with Crippen LogP contribution in [0.15, 0.2) is 12.3 Å². The normalized spacial score (nSPS) is 14.9. The second-order valence-electron chi connectivity index (χ2n) is 4.91. The highest BCUT2D eigenvalue weighted by Gasteiger charge is 2.17. The van der Waals surface area contributed by atoms with E-state index in [1.165, 1.54) is 18.7 Å². The number of nitro groups is 1. The van der Waals surface area contributed by atoms with E-state index >= 15 is 0 Å². The number of nitrogens with one attached hydrogen (secondary N) is 1. The van der Waals surface area contributed by atoms with Crippen LogP contribution in [0, 0.1) is 17.0 Å². The van der Waals surface area contributed by atoms with Crippen LogP contribution in [0.3, 0.4) is 0 Å². The van der Waals surface area contributed by atoms with Gasteiger partial charge in [0.2, 0.25) is 5.91 Å². The maximum absolute atomic E-state index is 12.0. The number of rotatable bonds is 4. The minimum Gasteiger partial charge on any atom is -0.361 e. The summed E-state index contributed by atoms with van der Waals surface area (Å²) in [5, 5.41) is 13.6. The number of piperidine rings is 1. The van der Waals surface area contributed by atoms with Crippen molar-refractivity contribution in [2.45, 2.75) is 26.2 Å². The molecule has 0 spiro atoms. The quantitative estimate of drug-likeness (QED) is 0.669. The number of hydrogen-bond acceptors (Lipinski definition) is 5. The third-order valence-electron chi connectivity index (χ3n) is 3.39. The summed E-state index contributed by atoms with van der Waals surface area (Å²) in [5.74, 6) is 0.560. The molecule has 0 atom stereocenters. The Hall–Kier alpha value is -2.18. The number of amides is 1. The van der Waals surface area contributed by atoms with E-state index in [9.17, 15) is 14.9 Å². The summed E-state index contributed by atoms with van der Waals surface area (Å²) in [6, 6.07) is 1.45. The summed E-state index contributed by atoms with van der Waals surface area (Å²) < 4.78 is 0. The Kier molecular flexibility index (Phi) is 4.49. The second-order valence-corrected chi connectivity index (χ2v) is 4.91. The fourth-order valence-electron chi connectivity index (χ4n) is 2.26. The van der Waals surface area contributed by atoms with E-state index in [2.05, 4.69) is 10.3 Å². The number of aromatic nitrogens is 1. The first-order valence-corrected chi connectivity index (χ1v) is 6.70. The molecular weight excluding hydrogens is 260 g/mol. The van der Waals surface area contributed by atoms with Gasteiger partial charge >= 0.3 is 0 Å². The molecule has 0 unspecified atom stereocenters. The van der Waals surface area contributed by atoms with E-state index in [4.69, 9.17) is 0 Å². The number of pyridine rings is 1. The van der Waals surface area contributed by atoms with Crippen LogP contribution in [0.2, 0.25) is 0 Å². The number of carbonyl (C=O) groups is 1. The minimum atomic E-state index is -0.483. The maximum Gasteiger partial charge on any atom is 0.287 e. The Balaban J connectivity index is 1.93. The van der Waals surface area contributed by atoms with Crippen molar-refractivity contribution in [2.24, 2.45) is 0 Å². The minimum absolute atomic E-state index is 0.0456. The highest BCUT2D eigenvalue weighted by molar-refractivity contribution is 5.80. The Morgan fingerprint density at radius 2 is 2.15 bits per heavy atom. The Morgan fingerprint density at radius 1 is 1.45 bits per heavy atom. The van der Waals surface area contributed by atoms with Crippen LogP contribution in [0.5, 0.6) is 0 Å². The number of hydrogen-bond donors (Lipinski definition) is 1. The van der Waals surface area contributed by atoms with Gasteiger partial charge in [-0.05, 0) is 31.7 Å². The molecule has 1 aliphatic rings. The van der Waals surface area contributed by atoms with E-state index in [1.54, 1.807) is 6.92 Å². The van der Waals surface area contributed by atoms with Gasteiger partial charge in [0.05, 0.1) is 11.5 Å². The standard InChI is InChI=1S/C13H18N4O3/c1-10-7-11(17(19)20)8-14-13(10)15-9-12(18)16-5-3-2-4-6-16/h7-8H,2-6,9H2,1H3,(H,14,15). The topological polar surface area (TPSA) is 88.4 Å². The van der Waals surface area contributed by atoms with Gasteiger partial charge in [0.1, 0.15) is 12.0 Å². The van der Waals surface area contributed by atoms with Crippen LogP contribution in [0.4, 0.5) is 11.5 Å². The van der Waals surface area contributed by atoms with Crippen molar-refractivity contribution >= 4 is 17.4 Å². The van der Waals surface area contributed by atoms with Gasteiger partial charge in [-0.3, -0.25) is 14.9 Å². The number of carbonyl (C=O) groups excluding carboxylic acids is 1. The lowest BCUT2D eigenvalue weighted by Crippen LogP contribution is -2.39. The van der Waals surface area contributed by atoms with Gasteiger partial charge < -0.3 is 10.2 Å². The van der Waals surface area contributed by atoms with Crippen molar-refractivity contribution in [2.75, 3.05) is 25.0 Å². The maximum atomic E-state index is 12.0. The first-order chi connectivity index (χ1) is 9.58. The third kappa shape index (κ3) is 3.43. The van der Waals surface area contributed by atoms with Crippen LogP contribution < -0.4 is 5.32 Å². The summed E-state index contributed by atoms with van der Waals surface area (Å²) in [5.41, 5.74) is 0.612. The second kappa shape index (κ2) is 6.31. The number of likely N-dealkylation sites (tertiary alicyclic amines) is 1. The molecule has 0 radical (unpaired) electrons. The molecular formula is C13H18N4O3. The smallest absolute Gasteiger partial charge is 0.287 e. The Labute approximate surface area is 117 Å². The van der Waals surface area contributed by atoms with Gasteiger partial charge in [-0.2, -0.15) is 0 Å². The fourth-order valence-corrected chi connectivity index (χ4v) is 2.26. The molecule has 0 aliphatic carbocycles. The Morgan fingerprint density at radius 3 is 2.75 bits per heavy atom. The number of nitrogens with zero attached hydrogens (tertiary/aromatic N) is 3. The van der Waals surface area contributed by atoms with Crippen molar-refractivity contribution in [3.63, 3.8) is 0 Å². The van der Waals surface area contributed by atoms with E-state index < -0.39 is 4.92 Å². The predicted octanol–water partition coefficient (Wildman–Crippen LogP) is 1.72. The average molecular weight is 278 g/mol. The molecule has 1 saturated heterocycles. The number of aryl methyl sites for hydroxylation is 1. The van der Waals surface area contributed by atoms with Gasteiger partial charge in [0.25, 0.3) is 5.69 Å². The van der Waals surface area contributed by atoms with Crippen LogP contribution in [0.25, 0.3) is 0 Å². The van der Waals surface area contributed by atoms with Crippen LogP contribution in [-0.2, 0) is 4.79 Å². The van der Waals surface area contributed by atoms with E-state index in [0.717, 1.165) is 25.9 Å². The lowest BCUT2D eigenvalue weighted by molar-refractivity contribution is -0.385. The molecule has 0 saturated carbocycles. The molecule has 20 heavy (non-hydrogen) atoms. The molecule has 1 aromatic rings. The van der Waals surface area contributed by atoms with Crippen molar-refractivity contribution in [3.8, 4) is 0 Å². The molecule has 7 heteroatoms. The predicted molar refractivity (Wildman–Crippen MR) is 74.5 cm³/mol. The highest BCUT2D eigenvalue weighted by atomic mass is 16.6. The first kappa shape index (κ1) is 14.2. The van der Waals surface area contributed by atoms with Gasteiger partial charge in [0.15, 0.2) is 0 Å². The van der Waals surface area contributed by atoms with Crippen molar-refractivity contribution < 1.29 is 9.72 Å². The molecule has 0 bridgehead atoms. The zero-order valence-electron chi connectivity index (χ0n) is 11.5. The summed E-state index contributed by atoms with van der Waals surface area (Å²) >= 11 is 0. The van der Waals surface area contributed by atoms with E-state index in [1.807, 2.05) is 4.90 Å². The fraction of sp³-hybridized carbons (Fsp3) is 0.538. The lowest BCUT2D eigenvalue weighted by atomic mass is 10.1. The van der Waals surface area contributed by atoms with E-state index in [-0.39, 0.29) is 18.1 Å². The lowest BCUT2D eigenvalue weighted by Gasteiger charge is -2.26. The molecule has 1 N–H and O–H groups in total. The zero-order valence-corrected chi connectivity index (χ0v) is 11.5. The van der Waals surface area contributed by atoms with Gasteiger partial charge in [0, 0.05) is 19.2 Å². The van der Waals surface area contributed by atoms with Crippen LogP contribution in [-0.4, -0.2) is 40.3 Å². The molecule has 7 nitrogen and oxygen atoms in total. The van der Waals surface area contributed by atoms with Gasteiger partial charge in [-0.15, -0.1) is 0 Å². The van der Waals surface area contributed by atoms with Crippen molar-refractivity contribution in [1.29, 1.82) is 0 Å². The van der Waals surface area contributed by atoms with Gasteiger partial charge in [-0.1, -0.05) is 0 Å². The van der Waals surface area contributed by atoms with Crippen LogP contribution in [0.1, 0.15) is 24.8 Å². The monoisotopic (exact) mass is 278 g/mol. The highest BCUT2D eigenvalue weighted by Crippen LogP contribution is 2.18. The van der Waals surface area contributed by atoms with Crippen LogP contribution >= 0.6 is 0 Å². The summed E-state index contributed by atoms with van der Waals surface area (Å²) in [4.78, 5) is 28.0. The molecule has 108 valence electrons. The molecule has 0 aromatic carbocycles. The number of anilines is 1. The van der Waals surface area contributed by atoms with Crippen molar-refractivity contribution in [1.82, 2.24) is 9.88 Å². The average Bonchev–Trinajstić information content (AvgIpc) is 2.46. The Bertz CT molecular complexity index is 512. The molecule has 1 aliphatic heterocycles. The SMILES string of the molecule is Cc1cc([N+](=O)[O-])cnc1NCC(=O)N1CCCCC1. The largest absolute Gasteiger partial charge is 0.361 e. The molecule has 1 amide bonds.